The first-order valence-electron chi connectivity index (χ1n) is 9.09. The number of aryl methyl sites for hydroxylation is 1. The quantitative estimate of drug-likeness (QED) is 0.847. The number of fused-ring (bicyclic) bond motifs is 3. The third kappa shape index (κ3) is 2.69. The fourth-order valence-electron chi connectivity index (χ4n) is 4.65. The van der Waals surface area contributed by atoms with Crippen LogP contribution >= 0.6 is 11.3 Å². The zero-order chi connectivity index (χ0) is 18.8. The van der Waals surface area contributed by atoms with E-state index in [-0.39, 0.29) is 18.9 Å². The van der Waals surface area contributed by atoms with Gasteiger partial charge < -0.3 is 14.6 Å². The highest BCUT2D eigenvalue weighted by molar-refractivity contribution is 7.91. The summed E-state index contributed by atoms with van der Waals surface area (Å²) < 4.78 is 39.2. The van der Waals surface area contributed by atoms with Gasteiger partial charge in [-0.25, -0.2) is 8.42 Å². The van der Waals surface area contributed by atoms with Gasteiger partial charge in [0, 0.05) is 17.0 Å². The van der Waals surface area contributed by atoms with Gasteiger partial charge in [0.25, 0.3) is 10.0 Å². The highest BCUT2D eigenvalue weighted by Gasteiger charge is 2.53. The Morgan fingerprint density at radius 3 is 2.48 bits per heavy atom. The average Bonchev–Trinajstić information content (AvgIpc) is 3.33. The van der Waals surface area contributed by atoms with Gasteiger partial charge in [-0.1, -0.05) is 6.07 Å². The van der Waals surface area contributed by atoms with Gasteiger partial charge in [0.2, 0.25) is 6.79 Å². The van der Waals surface area contributed by atoms with Crippen LogP contribution in [0.1, 0.15) is 36.1 Å². The molecule has 0 saturated carbocycles. The molecule has 8 heteroatoms. The fourth-order valence-corrected chi connectivity index (χ4v) is 7.91. The SMILES string of the molecule is Cc1ccc(S(=O)(=O)N2[C@@H]3CC[C@H]2CC(O)(c2ccc4c(c2)OCO4)C3)s1. The Balaban J connectivity index is 1.46. The van der Waals surface area contributed by atoms with Crippen LogP contribution in [0.5, 0.6) is 11.5 Å². The number of aliphatic hydroxyl groups is 1. The molecule has 144 valence electrons. The smallest absolute Gasteiger partial charge is 0.253 e. The molecular weight excluding hydrogens is 386 g/mol. The van der Waals surface area contributed by atoms with Crippen molar-refractivity contribution in [3.8, 4) is 11.5 Å². The molecule has 1 unspecified atom stereocenters. The standard InChI is InChI=1S/C19H21NO5S2/c1-12-2-7-18(26-12)27(22,23)20-14-4-5-15(20)10-19(21,9-14)13-3-6-16-17(8-13)25-11-24-16/h2-3,6-8,14-15,21H,4-5,9-11H2,1H3/t14-,15+,19?. The summed E-state index contributed by atoms with van der Waals surface area (Å²) in [7, 11) is -3.52. The second-order valence-electron chi connectivity index (χ2n) is 7.59. The van der Waals surface area contributed by atoms with E-state index in [1.807, 2.05) is 31.2 Å². The molecule has 3 aliphatic heterocycles. The fraction of sp³-hybridized carbons (Fsp3) is 0.474. The summed E-state index contributed by atoms with van der Waals surface area (Å²) in [6.07, 6.45) is 2.35. The summed E-state index contributed by atoms with van der Waals surface area (Å²) in [5.41, 5.74) is -0.280. The molecule has 3 atom stereocenters. The van der Waals surface area contributed by atoms with Crippen molar-refractivity contribution in [3.63, 3.8) is 0 Å². The summed E-state index contributed by atoms with van der Waals surface area (Å²) in [5, 5.41) is 11.4. The maximum Gasteiger partial charge on any atom is 0.253 e. The number of nitrogens with zero attached hydrogens (tertiary/aromatic N) is 1. The van der Waals surface area contributed by atoms with Crippen molar-refractivity contribution >= 4 is 21.4 Å². The molecule has 4 heterocycles. The predicted octanol–water partition coefficient (Wildman–Crippen LogP) is 2.99. The van der Waals surface area contributed by atoms with Gasteiger partial charge in [0.05, 0.1) is 5.60 Å². The second-order valence-corrected chi connectivity index (χ2v) is 11.0. The molecule has 0 spiro atoms. The summed E-state index contributed by atoms with van der Waals surface area (Å²) in [6.45, 7) is 2.10. The van der Waals surface area contributed by atoms with Crippen LogP contribution in [-0.2, 0) is 15.6 Å². The molecule has 1 aromatic carbocycles. The number of rotatable bonds is 3. The van der Waals surface area contributed by atoms with E-state index in [9.17, 15) is 13.5 Å². The van der Waals surface area contributed by atoms with Gasteiger partial charge in [-0.3, -0.25) is 0 Å². The minimum Gasteiger partial charge on any atom is -0.454 e. The van der Waals surface area contributed by atoms with Gasteiger partial charge in [0.1, 0.15) is 4.21 Å². The maximum atomic E-state index is 13.2. The molecule has 2 saturated heterocycles. The van der Waals surface area contributed by atoms with E-state index in [2.05, 4.69) is 0 Å². The number of sulfonamides is 1. The van der Waals surface area contributed by atoms with Gasteiger partial charge in [-0.15, -0.1) is 11.3 Å². The average molecular weight is 408 g/mol. The molecular formula is C19H21NO5S2. The van der Waals surface area contributed by atoms with E-state index < -0.39 is 15.6 Å². The van der Waals surface area contributed by atoms with Crippen LogP contribution in [0.15, 0.2) is 34.5 Å². The Morgan fingerprint density at radius 2 is 1.81 bits per heavy atom. The second kappa shape index (κ2) is 5.94. The minimum atomic E-state index is -3.52. The van der Waals surface area contributed by atoms with Crippen LogP contribution in [0.2, 0.25) is 0 Å². The lowest BCUT2D eigenvalue weighted by molar-refractivity contribution is -0.0341. The molecule has 2 fully saturated rings. The van der Waals surface area contributed by atoms with E-state index in [0.717, 1.165) is 23.3 Å². The van der Waals surface area contributed by atoms with Gasteiger partial charge in [0.15, 0.2) is 11.5 Å². The number of ether oxygens (including phenoxy) is 2. The maximum absolute atomic E-state index is 13.2. The number of hydrogen-bond acceptors (Lipinski definition) is 6. The van der Waals surface area contributed by atoms with E-state index in [0.29, 0.717) is 28.5 Å². The lowest BCUT2D eigenvalue weighted by atomic mass is 9.81. The van der Waals surface area contributed by atoms with E-state index in [4.69, 9.17) is 9.47 Å². The Morgan fingerprint density at radius 1 is 1.11 bits per heavy atom. The van der Waals surface area contributed by atoms with Crippen LogP contribution in [-0.4, -0.2) is 36.7 Å². The Hall–Kier alpha value is -1.61. The number of benzene rings is 1. The van der Waals surface area contributed by atoms with E-state index >= 15 is 0 Å². The molecule has 3 aliphatic rings. The van der Waals surface area contributed by atoms with E-state index in [1.165, 1.54) is 11.3 Å². The van der Waals surface area contributed by atoms with Crippen molar-refractivity contribution < 1.29 is 23.0 Å². The number of piperidine rings is 1. The summed E-state index contributed by atoms with van der Waals surface area (Å²) in [4.78, 5) is 0.981. The first kappa shape index (κ1) is 17.5. The van der Waals surface area contributed by atoms with Crippen LogP contribution in [0.3, 0.4) is 0 Å². The molecule has 1 aromatic heterocycles. The predicted molar refractivity (Wildman–Crippen MR) is 101 cm³/mol. The zero-order valence-electron chi connectivity index (χ0n) is 14.9. The molecule has 0 amide bonds. The normalized spacial score (nSPS) is 30.0. The Labute approximate surface area is 162 Å². The first-order chi connectivity index (χ1) is 12.9. The molecule has 5 rings (SSSR count). The summed E-state index contributed by atoms with van der Waals surface area (Å²) >= 11 is 1.31. The molecule has 1 N–H and O–H groups in total. The molecule has 2 aromatic rings. The van der Waals surface area contributed by atoms with Crippen molar-refractivity contribution in [2.45, 2.75) is 54.5 Å². The lowest BCUT2D eigenvalue weighted by Crippen LogP contribution is -2.51. The molecule has 6 nitrogen and oxygen atoms in total. The van der Waals surface area contributed by atoms with Crippen LogP contribution < -0.4 is 9.47 Å². The number of hydrogen-bond donors (Lipinski definition) is 1. The van der Waals surface area contributed by atoms with Gasteiger partial charge in [-0.05, 0) is 62.4 Å². The van der Waals surface area contributed by atoms with Crippen LogP contribution in [0.4, 0.5) is 0 Å². The van der Waals surface area contributed by atoms with Crippen molar-refractivity contribution in [1.82, 2.24) is 4.31 Å². The lowest BCUT2D eigenvalue weighted by Gasteiger charge is -2.43. The van der Waals surface area contributed by atoms with Gasteiger partial charge >= 0.3 is 0 Å². The van der Waals surface area contributed by atoms with Crippen LogP contribution in [0, 0.1) is 6.92 Å². The minimum absolute atomic E-state index is 0.188. The monoisotopic (exact) mass is 407 g/mol. The highest BCUT2D eigenvalue weighted by atomic mass is 32.2. The Kier molecular flexibility index (Phi) is 3.85. The van der Waals surface area contributed by atoms with Crippen molar-refractivity contribution in [2.24, 2.45) is 0 Å². The molecule has 2 bridgehead atoms. The van der Waals surface area contributed by atoms with Crippen molar-refractivity contribution in [3.05, 3.63) is 40.8 Å². The molecule has 27 heavy (non-hydrogen) atoms. The first-order valence-corrected chi connectivity index (χ1v) is 11.3. The van der Waals surface area contributed by atoms with E-state index in [1.54, 1.807) is 10.4 Å². The van der Waals surface area contributed by atoms with Gasteiger partial charge in [-0.2, -0.15) is 4.31 Å². The third-order valence-corrected chi connectivity index (χ3v) is 9.33. The third-order valence-electron chi connectivity index (χ3n) is 5.86. The topological polar surface area (TPSA) is 76.1 Å². The summed E-state index contributed by atoms with van der Waals surface area (Å²) in [6, 6.07) is 8.65. The molecule has 0 radical (unpaired) electrons. The summed E-state index contributed by atoms with van der Waals surface area (Å²) in [5.74, 6) is 1.32. The zero-order valence-corrected chi connectivity index (χ0v) is 16.6. The largest absolute Gasteiger partial charge is 0.454 e. The Bertz CT molecular complexity index is 985. The van der Waals surface area contributed by atoms with Crippen molar-refractivity contribution in [2.75, 3.05) is 6.79 Å². The van der Waals surface area contributed by atoms with Crippen LogP contribution in [0.25, 0.3) is 0 Å². The number of thiophene rings is 1. The highest BCUT2D eigenvalue weighted by Crippen LogP contribution is 2.49. The molecule has 0 aliphatic carbocycles. The van der Waals surface area contributed by atoms with Crippen molar-refractivity contribution in [1.29, 1.82) is 0 Å².